The summed E-state index contributed by atoms with van der Waals surface area (Å²) in [5, 5.41) is 12.6. The zero-order valence-electron chi connectivity index (χ0n) is 13.0. The fourth-order valence-electron chi connectivity index (χ4n) is 2.88. The van der Waals surface area contributed by atoms with Crippen molar-refractivity contribution in [1.82, 2.24) is 9.55 Å². The van der Waals surface area contributed by atoms with Crippen LogP contribution in [0.2, 0.25) is 0 Å². The van der Waals surface area contributed by atoms with Crippen molar-refractivity contribution in [2.75, 3.05) is 11.1 Å². The van der Waals surface area contributed by atoms with Crippen molar-refractivity contribution in [3.8, 4) is 11.4 Å². The molecule has 126 valence electrons. The van der Waals surface area contributed by atoms with E-state index in [1.54, 1.807) is 18.5 Å². The normalized spacial score (nSPS) is 16.8. The number of rotatable bonds is 2. The van der Waals surface area contributed by atoms with Crippen LogP contribution < -0.4 is 5.32 Å². The Labute approximate surface area is 157 Å². The molecule has 2 N–H and O–H groups in total. The SMILES string of the molecule is O=C1CS[C@H](c2cccc(O)c2)c2c(ncn2-c2cccc(Br)c2)N1. The molecule has 3 aromatic rings. The highest BCUT2D eigenvalue weighted by molar-refractivity contribution is 9.10. The summed E-state index contributed by atoms with van der Waals surface area (Å²) in [5.74, 6) is 1.02. The number of carbonyl (C=O) groups excluding carboxylic acids is 1. The number of amides is 1. The van der Waals surface area contributed by atoms with E-state index in [2.05, 4.69) is 26.2 Å². The number of nitrogens with zero attached hydrogens (tertiary/aromatic N) is 2. The highest BCUT2D eigenvalue weighted by Gasteiger charge is 2.29. The molecular formula is C18H14BrN3O2S. The minimum Gasteiger partial charge on any atom is -0.508 e. The van der Waals surface area contributed by atoms with Crippen LogP contribution in [-0.2, 0) is 4.79 Å². The minimum absolute atomic E-state index is 0.0756. The molecule has 1 aliphatic heterocycles. The maximum atomic E-state index is 12.1. The van der Waals surface area contributed by atoms with E-state index in [1.807, 2.05) is 41.0 Å². The Bertz CT molecular complexity index is 957. The topological polar surface area (TPSA) is 67.1 Å². The molecular weight excluding hydrogens is 402 g/mol. The quantitative estimate of drug-likeness (QED) is 0.660. The number of hydrogen-bond donors (Lipinski definition) is 2. The molecule has 0 saturated heterocycles. The summed E-state index contributed by atoms with van der Waals surface area (Å²) in [6, 6.07) is 15.0. The van der Waals surface area contributed by atoms with Gasteiger partial charge >= 0.3 is 0 Å². The molecule has 0 bridgehead atoms. The highest BCUT2D eigenvalue weighted by Crippen LogP contribution is 2.42. The Morgan fingerprint density at radius 1 is 1.24 bits per heavy atom. The van der Waals surface area contributed by atoms with E-state index in [4.69, 9.17) is 0 Å². The van der Waals surface area contributed by atoms with E-state index in [1.165, 1.54) is 11.8 Å². The van der Waals surface area contributed by atoms with Crippen LogP contribution in [0, 0.1) is 0 Å². The van der Waals surface area contributed by atoms with Crippen LogP contribution in [0.3, 0.4) is 0 Å². The zero-order valence-corrected chi connectivity index (χ0v) is 15.4. The van der Waals surface area contributed by atoms with E-state index < -0.39 is 0 Å². The number of halogens is 1. The van der Waals surface area contributed by atoms with Crippen molar-refractivity contribution in [1.29, 1.82) is 0 Å². The standard InChI is InChI=1S/C18H14BrN3O2S/c19-12-4-2-5-13(8-12)22-10-20-18-16(22)17(25-9-15(24)21-18)11-3-1-6-14(23)7-11/h1-8,10,17,23H,9H2,(H,21,24)/t17-/m1/s1. The Balaban J connectivity index is 1.89. The minimum atomic E-state index is -0.123. The van der Waals surface area contributed by atoms with Gasteiger partial charge in [0.25, 0.3) is 0 Å². The number of fused-ring (bicyclic) bond motifs is 1. The van der Waals surface area contributed by atoms with Crippen LogP contribution in [-0.4, -0.2) is 26.3 Å². The Kier molecular flexibility index (Phi) is 4.27. The molecule has 4 rings (SSSR count). The highest BCUT2D eigenvalue weighted by atomic mass is 79.9. The van der Waals surface area contributed by atoms with Crippen LogP contribution in [0.4, 0.5) is 5.82 Å². The summed E-state index contributed by atoms with van der Waals surface area (Å²) in [7, 11) is 0. The molecule has 2 aromatic carbocycles. The lowest BCUT2D eigenvalue weighted by Gasteiger charge is -2.18. The zero-order chi connectivity index (χ0) is 17.4. The van der Waals surface area contributed by atoms with E-state index >= 15 is 0 Å². The van der Waals surface area contributed by atoms with E-state index in [9.17, 15) is 9.90 Å². The number of nitrogens with one attached hydrogen (secondary N) is 1. The van der Waals surface area contributed by atoms with Crippen LogP contribution in [0.15, 0.2) is 59.3 Å². The number of carbonyl (C=O) groups is 1. The maximum absolute atomic E-state index is 12.1. The van der Waals surface area contributed by atoms with Gasteiger partial charge in [-0.2, -0.15) is 0 Å². The fraction of sp³-hybridized carbons (Fsp3) is 0.111. The average Bonchev–Trinajstić information content (AvgIpc) is 2.91. The van der Waals surface area contributed by atoms with Crippen molar-refractivity contribution in [3.63, 3.8) is 0 Å². The van der Waals surface area contributed by atoms with Crippen molar-refractivity contribution in [3.05, 3.63) is 70.6 Å². The molecule has 1 aliphatic rings. The molecule has 25 heavy (non-hydrogen) atoms. The van der Waals surface area contributed by atoms with E-state index in [-0.39, 0.29) is 16.9 Å². The van der Waals surface area contributed by atoms with Crippen LogP contribution in [0.1, 0.15) is 16.5 Å². The molecule has 0 spiro atoms. The number of hydrogen-bond acceptors (Lipinski definition) is 4. The molecule has 1 amide bonds. The van der Waals surface area contributed by atoms with Crippen molar-refractivity contribution >= 4 is 39.4 Å². The second kappa shape index (κ2) is 6.57. The fourth-order valence-corrected chi connectivity index (χ4v) is 4.38. The van der Waals surface area contributed by atoms with Gasteiger partial charge in [0.05, 0.1) is 16.7 Å². The Morgan fingerprint density at radius 3 is 2.88 bits per heavy atom. The molecule has 0 fully saturated rings. The van der Waals surface area contributed by atoms with Gasteiger partial charge < -0.3 is 10.4 Å². The Hall–Kier alpha value is -2.25. The van der Waals surface area contributed by atoms with Gasteiger partial charge in [0.2, 0.25) is 5.91 Å². The lowest BCUT2D eigenvalue weighted by molar-refractivity contribution is -0.113. The average molecular weight is 416 g/mol. The van der Waals surface area contributed by atoms with Crippen molar-refractivity contribution in [2.24, 2.45) is 0 Å². The first-order chi connectivity index (χ1) is 12.1. The summed E-state index contributed by atoms with van der Waals surface area (Å²) < 4.78 is 2.94. The molecule has 0 aliphatic carbocycles. The second-order valence-corrected chi connectivity index (χ2v) is 7.67. The first-order valence-corrected chi connectivity index (χ1v) is 9.49. The van der Waals surface area contributed by atoms with Crippen LogP contribution >= 0.6 is 27.7 Å². The third kappa shape index (κ3) is 3.17. The van der Waals surface area contributed by atoms with Gasteiger partial charge in [0, 0.05) is 10.2 Å². The largest absolute Gasteiger partial charge is 0.508 e. The molecule has 0 radical (unpaired) electrons. The number of anilines is 1. The lowest BCUT2D eigenvalue weighted by atomic mass is 10.1. The summed E-state index contributed by atoms with van der Waals surface area (Å²) in [4.78, 5) is 16.5. The maximum Gasteiger partial charge on any atom is 0.235 e. The van der Waals surface area contributed by atoms with Gasteiger partial charge in [0.15, 0.2) is 5.82 Å². The number of imidazole rings is 1. The predicted octanol–water partition coefficient (Wildman–Crippen LogP) is 4.12. The first kappa shape index (κ1) is 16.2. The lowest BCUT2D eigenvalue weighted by Crippen LogP contribution is -2.12. The number of thioether (sulfide) groups is 1. The molecule has 1 atom stereocenters. The van der Waals surface area contributed by atoms with Gasteiger partial charge in [-0.15, -0.1) is 11.8 Å². The van der Waals surface area contributed by atoms with Gasteiger partial charge in [-0.1, -0.05) is 34.1 Å². The van der Waals surface area contributed by atoms with Crippen molar-refractivity contribution < 1.29 is 9.90 Å². The van der Waals surface area contributed by atoms with Gasteiger partial charge in [-0.05, 0) is 35.9 Å². The molecule has 0 saturated carbocycles. The Morgan fingerprint density at radius 2 is 2.08 bits per heavy atom. The molecule has 7 heteroatoms. The predicted molar refractivity (Wildman–Crippen MR) is 102 cm³/mol. The second-order valence-electron chi connectivity index (χ2n) is 5.66. The monoisotopic (exact) mass is 415 g/mol. The van der Waals surface area contributed by atoms with E-state index in [0.29, 0.717) is 11.6 Å². The third-order valence-electron chi connectivity index (χ3n) is 3.95. The summed E-state index contributed by atoms with van der Waals surface area (Å²) in [6.07, 6.45) is 1.72. The van der Waals surface area contributed by atoms with Gasteiger partial charge in [0.1, 0.15) is 12.1 Å². The number of phenolic OH excluding ortho intramolecular Hbond substituents is 1. The van der Waals surface area contributed by atoms with Gasteiger partial charge in [-0.25, -0.2) is 4.98 Å². The number of aromatic nitrogens is 2. The van der Waals surface area contributed by atoms with Gasteiger partial charge in [-0.3, -0.25) is 9.36 Å². The number of benzene rings is 2. The smallest absolute Gasteiger partial charge is 0.235 e. The van der Waals surface area contributed by atoms with Crippen molar-refractivity contribution in [2.45, 2.75) is 5.25 Å². The molecule has 0 unspecified atom stereocenters. The van der Waals surface area contributed by atoms with Crippen LogP contribution in [0.25, 0.3) is 5.69 Å². The molecule has 1 aromatic heterocycles. The first-order valence-electron chi connectivity index (χ1n) is 7.65. The third-order valence-corrected chi connectivity index (χ3v) is 5.70. The summed E-state index contributed by atoms with van der Waals surface area (Å²) in [5.41, 5.74) is 2.77. The number of aromatic hydroxyl groups is 1. The molecule has 2 heterocycles. The molecule has 5 nitrogen and oxygen atoms in total. The summed E-state index contributed by atoms with van der Waals surface area (Å²) in [6.45, 7) is 0. The summed E-state index contributed by atoms with van der Waals surface area (Å²) >= 11 is 5.02. The van der Waals surface area contributed by atoms with E-state index in [0.717, 1.165) is 21.4 Å². The number of phenols is 1. The van der Waals surface area contributed by atoms with Crippen LogP contribution in [0.5, 0.6) is 5.75 Å².